The van der Waals surface area contributed by atoms with Gasteiger partial charge in [0.1, 0.15) is 22.9 Å². The zero-order valence-electron chi connectivity index (χ0n) is 47.8. The van der Waals surface area contributed by atoms with Gasteiger partial charge in [-0.1, -0.05) is 158 Å². The maximum Gasteiger partial charge on any atom is 0.256 e. The minimum atomic E-state index is -0.341. The fraction of sp³-hybridized carbons (Fsp3) is 0. The van der Waals surface area contributed by atoms with Crippen LogP contribution in [0.4, 0.5) is 85.3 Å². The van der Waals surface area contributed by atoms with Crippen LogP contribution >= 0.6 is 0 Å². The van der Waals surface area contributed by atoms with E-state index < -0.39 is 0 Å². The molecule has 19 rings (SSSR count). The summed E-state index contributed by atoms with van der Waals surface area (Å²) in [6.45, 7) is -0.565. The van der Waals surface area contributed by atoms with E-state index in [0.717, 1.165) is 141 Å². The van der Waals surface area contributed by atoms with E-state index in [9.17, 15) is 0 Å². The smallest absolute Gasteiger partial charge is 0.256 e. The number of anilines is 15. The highest BCUT2D eigenvalue weighted by atomic mass is 16.5. The first-order chi connectivity index (χ1) is 44.2. The van der Waals surface area contributed by atoms with Crippen LogP contribution in [-0.4, -0.2) is 13.4 Å². The molecule has 0 aromatic heterocycles. The average Bonchev–Trinajstić information content (AvgIpc) is 0.862. The number of hydrogen-bond acceptors (Lipinski definition) is 9. The summed E-state index contributed by atoms with van der Waals surface area (Å²) in [5.74, 6) is 5.77. The number of benzene rings is 13. The van der Waals surface area contributed by atoms with Crippen LogP contribution in [0.15, 0.2) is 297 Å². The van der Waals surface area contributed by atoms with Gasteiger partial charge in [-0.05, 0) is 154 Å². The predicted molar refractivity (Wildman–Crippen MR) is 362 cm³/mol. The third-order valence-corrected chi connectivity index (χ3v) is 18.2. The summed E-state index contributed by atoms with van der Waals surface area (Å²) >= 11 is 0. The van der Waals surface area contributed by atoms with Gasteiger partial charge in [-0.15, -0.1) is 0 Å². The second-order valence-corrected chi connectivity index (χ2v) is 23.1. The monoisotopic (exact) mass is 1140 g/mol. The van der Waals surface area contributed by atoms with Crippen molar-refractivity contribution in [2.24, 2.45) is 0 Å². The van der Waals surface area contributed by atoms with E-state index in [-0.39, 0.29) is 13.4 Å². The minimum Gasteiger partial charge on any atom is -0.458 e. The van der Waals surface area contributed by atoms with Gasteiger partial charge in [0.05, 0.1) is 22.7 Å². The second kappa shape index (κ2) is 19.4. The second-order valence-electron chi connectivity index (χ2n) is 23.1. The Morgan fingerprint density at radius 2 is 0.685 bits per heavy atom. The molecule has 0 bridgehead atoms. The third-order valence-electron chi connectivity index (χ3n) is 18.2. The quantitative estimate of drug-likeness (QED) is 0.139. The zero-order chi connectivity index (χ0) is 58.3. The van der Waals surface area contributed by atoms with E-state index in [2.05, 4.69) is 291 Å². The van der Waals surface area contributed by atoms with Crippen molar-refractivity contribution in [3.8, 4) is 46.0 Å². The van der Waals surface area contributed by atoms with Gasteiger partial charge in [0, 0.05) is 75.1 Å². The molecule has 89 heavy (non-hydrogen) atoms. The van der Waals surface area contributed by atoms with Gasteiger partial charge < -0.3 is 38.5 Å². The Labute approximate surface area is 515 Å². The summed E-state index contributed by atoms with van der Waals surface area (Å²) in [5.41, 5.74) is 21.4. The molecule has 6 aliphatic heterocycles. The Balaban J connectivity index is 0.884. The average molecular weight is 1140 g/mol. The maximum atomic E-state index is 7.71. The van der Waals surface area contributed by atoms with Crippen molar-refractivity contribution in [3.05, 3.63) is 297 Å². The van der Waals surface area contributed by atoms with Crippen LogP contribution in [-0.2, 0) is 0 Å². The van der Waals surface area contributed by atoms with Gasteiger partial charge in [0.25, 0.3) is 13.4 Å². The molecule has 0 spiro atoms. The maximum absolute atomic E-state index is 7.71. The van der Waals surface area contributed by atoms with Crippen molar-refractivity contribution in [1.29, 1.82) is 0 Å². The molecule has 6 aliphatic rings. The Hall–Kier alpha value is -11.8. The number of hydrogen-bond donors (Lipinski definition) is 0. The summed E-state index contributed by atoms with van der Waals surface area (Å²) < 4.78 is 29.2. The first-order valence-electron chi connectivity index (χ1n) is 30.2. The highest BCUT2D eigenvalue weighted by Crippen LogP contribution is 2.62. The topological polar surface area (TPSA) is 53.1 Å². The molecule has 0 saturated heterocycles. The molecule has 0 atom stereocenters. The summed E-state index contributed by atoms with van der Waals surface area (Å²) in [6, 6.07) is 105. The number of fused-ring (bicyclic) bond motifs is 13. The molecule has 416 valence electrons. The van der Waals surface area contributed by atoms with Gasteiger partial charge in [-0.3, -0.25) is 4.90 Å². The van der Waals surface area contributed by atoms with E-state index in [4.69, 9.17) is 18.9 Å². The predicted octanol–water partition coefficient (Wildman–Crippen LogP) is 17.1. The molecule has 0 radical (unpaired) electrons. The van der Waals surface area contributed by atoms with Crippen LogP contribution in [0.5, 0.6) is 46.0 Å². The van der Waals surface area contributed by atoms with Crippen molar-refractivity contribution >= 4 is 132 Å². The van der Waals surface area contributed by atoms with Crippen LogP contribution in [0.25, 0.3) is 0 Å². The van der Waals surface area contributed by atoms with Crippen LogP contribution in [0.2, 0.25) is 0 Å². The Morgan fingerprint density at radius 1 is 0.236 bits per heavy atom. The molecular weight excluding hydrogens is 1090 g/mol. The fourth-order valence-electron chi connectivity index (χ4n) is 14.6. The van der Waals surface area contributed by atoms with Gasteiger partial charge in [-0.2, -0.15) is 0 Å². The van der Waals surface area contributed by atoms with Crippen molar-refractivity contribution in [1.82, 2.24) is 0 Å². The van der Waals surface area contributed by atoms with Crippen LogP contribution in [0.1, 0.15) is 0 Å². The Morgan fingerprint density at radius 3 is 1.27 bits per heavy atom. The van der Waals surface area contributed by atoms with E-state index in [1.807, 2.05) is 30.3 Å². The lowest BCUT2D eigenvalue weighted by Gasteiger charge is -2.44. The number of para-hydroxylation sites is 10. The summed E-state index contributed by atoms with van der Waals surface area (Å²) in [6.07, 6.45) is 0. The van der Waals surface area contributed by atoms with Gasteiger partial charge >= 0.3 is 0 Å². The first-order valence-corrected chi connectivity index (χ1v) is 30.2. The molecule has 0 fully saturated rings. The lowest BCUT2D eigenvalue weighted by Crippen LogP contribution is -2.63. The molecule has 6 heterocycles. The van der Waals surface area contributed by atoms with Crippen molar-refractivity contribution in [3.63, 3.8) is 0 Å². The highest BCUT2D eigenvalue weighted by Gasteiger charge is 2.49. The van der Waals surface area contributed by atoms with Crippen LogP contribution in [0, 0.1) is 0 Å². The molecular formula is C78H49B2N5O4. The van der Waals surface area contributed by atoms with E-state index in [1.54, 1.807) is 0 Å². The van der Waals surface area contributed by atoms with E-state index in [1.165, 1.54) is 5.46 Å². The zero-order valence-corrected chi connectivity index (χ0v) is 47.8. The number of ether oxygens (including phenoxy) is 4. The molecule has 0 saturated carbocycles. The highest BCUT2D eigenvalue weighted by molar-refractivity contribution is 7.02. The van der Waals surface area contributed by atoms with Crippen molar-refractivity contribution in [2.45, 2.75) is 0 Å². The summed E-state index contributed by atoms with van der Waals surface area (Å²) in [4.78, 5) is 11.8. The lowest BCUT2D eigenvalue weighted by molar-refractivity contribution is 0.411. The lowest BCUT2D eigenvalue weighted by atomic mass is 9.31. The number of nitrogens with zero attached hydrogens (tertiary/aromatic N) is 5. The molecule has 0 amide bonds. The fourth-order valence-corrected chi connectivity index (χ4v) is 14.6. The number of rotatable bonds is 8. The molecule has 13 aromatic carbocycles. The van der Waals surface area contributed by atoms with Crippen molar-refractivity contribution in [2.75, 3.05) is 24.5 Å². The Kier molecular flexibility index (Phi) is 10.8. The van der Waals surface area contributed by atoms with E-state index >= 15 is 0 Å². The van der Waals surface area contributed by atoms with Crippen LogP contribution in [0.3, 0.4) is 0 Å². The molecule has 9 nitrogen and oxygen atoms in total. The van der Waals surface area contributed by atoms with Crippen LogP contribution < -0.4 is 76.2 Å². The summed E-state index contributed by atoms with van der Waals surface area (Å²) in [5, 5.41) is 0. The molecule has 13 aromatic rings. The van der Waals surface area contributed by atoms with Gasteiger partial charge in [0.15, 0.2) is 28.7 Å². The summed E-state index contributed by atoms with van der Waals surface area (Å²) in [7, 11) is 0. The normalized spacial score (nSPS) is 13.4. The largest absolute Gasteiger partial charge is 0.458 e. The molecule has 11 heteroatoms. The van der Waals surface area contributed by atoms with Gasteiger partial charge in [0.2, 0.25) is 0 Å². The van der Waals surface area contributed by atoms with Crippen molar-refractivity contribution < 1.29 is 18.9 Å². The molecule has 0 N–H and O–H groups in total. The minimum absolute atomic E-state index is 0.224. The first kappa shape index (κ1) is 49.5. The molecule has 0 unspecified atom stereocenters. The standard InChI is InChI=1S/C78H49B2N5O4/c1-7-24-50(25-8-1)81(51-26-9-2-10-27-51)56-44-66-74-72(46-56)87-71-49-65-60(48-61(71)79(74)58-36-19-20-37-62(58)83(66)54-32-15-5-16-33-54)80-59-42-43-64-78(88-70-41-23-40-69-76(70)85(64)63-38-21-22-39-68(63)86-69)77(59)89-73-47-57(45-67(75(73)80)84(65)55-34-17-6-18-35-55)82(52-28-11-3-12-29-52)53-30-13-4-14-31-53/h1-49H. The molecule has 0 aliphatic carbocycles. The van der Waals surface area contributed by atoms with Gasteiger partial charge in [-0.25, -0.2) is 0 Å². The van der Waals surface area contributed by atoms with E-state index in [0.29, 0.717) is 17.2 Å². The SMILES string of the molecule is c1ccc(N(c2ccccc2)c2cc3c4c(c2)N(c2ccccc2)c2ccccc2B4c2cc4c(cc2O3)N(c2ccccc2)c2cc(N(c3ccccc3)c3ccccc3)cc3c2B4c2ccc4c(c2O3)Oc2cccc3c2N4c2ccccc2O3)cc1. The Bertz CT molecular complexity index is 4950. The third kappa shape index (κ3) is 7.45.